The van der Waals surface area contributed by atoms with Crippen LogP contribution in [0, 0.1) is 16.7 Å². The molecule has 0 aromatic rings. The van der Waals surface area contributed by atoms with E-state index >= 15 is 0 Å². The van der Waals surface area contributed by atoms with Crippen molar-refractivity contribution in [2.75, 3.05) is 6.61 Å². The lowest BCUT2D eigenvalue weighted by Crippen LogP contribution is -2.59. The van der Waals surface area contributed by atoms with Crippen molar-refractivity contribution in [2.45, 2.75) is 57.8 Å². The maximum atomic E-state index is 10.8. The first kappa shape index (κ1) is 13.3. The van der Waals surface area contributed by atoms with E-state index in [0.717, 1.165) is 12.8 Å². The summed E-state index contributed by atoms with van der Waals surface area (Å²) in [4.78, 5) is 0. The maximum Gasteiger partial charge on any atom is 0.111 e. The molecule has 0 aromatic heterocycles. The molecule has 0 amide bonds. The summed E-state index contributed by atoms with van der Waals surface area (Å²) in [5, 5.41) is 39.5. The normalized spacial score (nSPS) is 47.1. The average Bonchev–Trinajstić information content (AvgIpc) is 2.59. The first-order valence-electron chi connectivity index (χ1n) is 6.40. The van der Waals surface area contributed by atoms with Gasteiger partial charge in [-0.05, 0) is 30.6 Å². The molecule has 0 heterocycles. The van der Waals surface area contributed by atoms with Crippen molar-refractivity contribution in [3.8, 4) is 0 Å². The summed E-state index contributed by atoms with van der Waals surface area (Å²) in [7, 11) is 0. The van der Waals surface area contributed by atoms with Crippen LogP contribution < -0.4 is 0 Å². The number of aliphatic hydroxyl groups excluding tert-OH is 3. The van der Waals surface area contributed by atoms with E-state index in [2.05, 4.69) is 13.8 Å². The Morgan fingerprint density at radius 2 is 1.82 bits per heavy atom. The van der Waals surface area contributed by atoms with Crippen LogP contribution in [0.2, 0.25) is 0 Å². The molecule has 4 nitrogen and oxygen atoms in total. The van der Waals surface area contributed by atoms with Gasteiger partial charge in [0, 0.05) is 5.41 Å². The molecule has 2 rings (SSSR count). The van der Waals surface area contributed by atoms with Crippen LogP contribution in [-0.4, -0.2) is 44.8 Å². The van der Waals surface area contributed by atoms with Crippen molar-refractivity contribution in [2.24, 2.45) is 16.7 Å². The molecule has 2 aliphatic rings. The Kier molecular flexibility index (Phi) is 2.86. The first-order chi connectivity index (χ1) is 7.70. The molecule has 2 saturated carbocycles. The molecule has 2 bridgehead atoms. The van der Waals surface area contributed by atoms with Crippen LogP contribution in [-0.2, 0) is 0 Å². The standard InChI is InChI=1S/C13H24O4/c1-11(2)8-4-5-12(11,3)13(17,6-8)10(16)9(15)7-14/h8-10,14-17H,4-7H2,1-3H3/t8-,9?,10?,12-,13+/m1/s1. The zero-order chi connectivity index (χ0) is 13.1. The lowest BCUT2D eigenvalue weighted by Gasteiger charge is -2.48. The Labute approximate surface area is 102 Å². The molecule has 100 valence electrons. The van der Waals surface area contributed by atoms with Gasteiger partial charge in [0.15, 0.2) is 0 Å². The van der Waals surface area contributed by atoms with Crippen molar-refractivity contribution in [1.29, 1.82) is 0 Å². The number of aliphatic hydroxyl groups is 4. The van der Waals surface area contributed by atoms with Gasteiger partial charge in [0.1, 0.15) is 12.2 Å². The van der Waals surface area contributed by atoms with Gasteiger partial charge in [0.2, 0.25) is 0 Å². The summed E-state index contributed by atoms with van der Waals surface area (Å²) >= 11 is 0. The first-order valence-corrected chi connectivity index (χ1v) is 6.40. The Bertz CT molecular complexity index is 317. The minimum absolute atomic E-state index is 0.0437. The van der Waals surface area contributed by atoms with Crippen LogP contribution in [0.15, 0.2) is 0 Å². The summed E-state index contributed by atoms with van der Waals surface area (Å²) in [6.07, 6.45) is -0.118. The van der Waals surface area contributed by atoms with E-state index in [1.807, 2.05) is 6.92 Å². The average molecular weight is 244 g/mol. The van der Waals surface area contributed by atoms with Crippen LogP contribution in [0.3, 0.4) is 0 Å². The van der Waals surface area contributed by atoms with E-state index in [1.165, 1.54) is 0 Å². The van der Waals surface area contributed by atoms with E-state index in [4.69, 9.17) is 5.11 Å². The smallest absolute Gasteiger partial charge is 0.111 e. The zero-order valence-corrected chi connectivity index (χ0v) is 10.8. The minimum Gasteiger partial charge on any atom is -0.394 e. The fourth-order valence-electron chi connectivity index (χ4n) is 4.19. The Morgan fingerprint density at radius 1 is 1.24 bits per heavy atom. The van der Waals surface area contributed by atoms with Crippen LogP contribution in [0.25, 0.3) is 0 Å². The molecule has 0 aromatic carbocycles. The van der Waals surface area contributed by atoms with Gasteiger partial charge in [-0.3, -0.25) is 0 Å². The molecular formula is C13H24O4. The number of hydrogen-bond donors (Lipinski definition) is 4. The van der Waals surface area contributed by atoms with Gasteiger partial charge in [-0.15, -0.1) is 0 Å². The number of hydrogen-bond acceptors (Lipinski definition) is 4. The lowest BCUT2D eigenvalue weighted by atomic mass is 9.62. The summed E-state index contributed by atoms with van der Waals surface area (Å²) < 4.78 is 0. The molecule has 0 aliphatic heterocycles. The van der Waals surface area contributed by atoms with E-state index in [9.17, 15) is 15.3 Å². The zero-order valence-electron chi connectivity index (χ0n) is 10.8. The third-order valence-electron chi connectivity index (χ3n) is 5.99. The largest absolute Gasteiger partial charge is 0.394 e. The van der Waals surface area contributed by atoms with E-state index in [0.29, 0.717) is 12.3 Å². The summed E-state index contributed by atoms with van der Waals surface area (Å²) in [6, 6.07) is 0. The van der Waals surface area contributed by atoms with Gasteiger partial charge in [-0.25, -0.2) is 0 Å². The van der Waals surface area contributed by atoms with E-state index in [-0.39, 0.29) is 5.41 Å². The molecule has 4 heteroatoms. The van der Waals surface area contributed by atoms with E-state index in [1.54, 1.807) is 0 Å². The molecule has 2 fully saturated rings. The minimum atomic E-state index is -1.29. The topological polar surface area (TPSA) is 80.9 Å². The molecular weight excluding hydrogens is 220 g/mol. The van der Waals surface area contributed by atoms with Crippen LogP contribution >= 0.6 is 0 Å². The molecule has 4 N–H and O–H groups in total. The van der Waals surface area contributed by atoms with Crippen molar-refractivity contribution in [1.82, 2.24) is 0 Å². The number of rotatable bonds is 3. The van der Waals surface area contributed by atoms with Gasteiger partial charge in [-0.2, -0.15) is 0 Å². The Morgan fingerprint density at radius 3 is 2.18 bits per heavy atom. The molecule has 2 aliphatic carbocycles. The Hall–Kier alpha value is -0.160. The fourth-order valence-corrected chi connectivity index (χ4v) is 4.19. The van der Waals surface area contributed by atoms with Crippen molar-refractivity contribution in [3.63, 3.8) is 0 Å². The van der Waals surface area contributed by atoms with Crippen LogP contribution in [0.4, 0.5) is 0 Å². The SMILES string of the molecule is CC1(C)[C@@H]2CC[C@@]1(C)[C@@](O)(C(O)C(O)CO)C2. The predicted molar refractivity (Wildman–Crippen MR) is 63.3 cm³/mol. The highest BCUT2D eigenvalue weighted by Crippen LogP contribution is 2.70. The molecule has 0 saturated heterocycles. The summed E-state index contributed by atoms with van der Waals surface area (Å²) in [5.41, 5.74) is -1.74. The second kappa shape index (κ2) is 3.67. The van der Waals surface area contributed by atoms with Gasteiger partial charge >= 0.3 is 0 Å². The van der Waals surface area contributed by atoms with Gasteiger partial charge in [-0.1, -0.05) is 20.8 Å². The molecule has 5 atom stereocenters. The Balaban J connectivity index is 2.35. The van der Waals surface area contributed by atoms with Gasteiger partial charge in [0.05, 0.1) is 12.2 Å². The highest BCUT2D eigenvalue weighted by Gasteiger charge is 2.71. The maximum absolute atomic E-state index is 10.8. The third-order valence-corrected chi connectivity index (χ3v) is 5.99. The summed E-state index contributed by atoms with van der Waals surface area (Å²) in [5.74, 6) is 0.373. The molecule has 17 heavy (non-hydrogen) atoms. The third kappa shape index (κ3) is 1.38. The van der Waals surface area contributed by atoms with Gasteiger partial charge < -0.3 is 20.4 Å². The van der Waals surface area contributed by atoms with E-state index < -0.39 is 29.8 Å². The van der Waals surface area contributed by atoms with Crippen molar-refractivity contribution in [3.05, 3.63) is 0 Å². The van der Waals surface area contributed by atoms with Gasteiger partial charge in [0.25, 0.3) is 0 Å². The quantitative estimate of drug-likeness (QED) is 0.575. The van der Waals surface area contributed by atoms with Crippen LogP contribution in [0.5, 0.6) is 0 Å². The molecule has 2 unspecified atom stereocenters. The van der Waals surface area contributed by atoms with Crippen molar-refractivity contribution >= 4 is 0 Å². The highest BCUT2D eigenvalue weighted by atomic mass is 16.4. The second-order valence-electron chi connectivity index (χ2n) is 6.61. The fraction of sp³-hybridized carbons (Fsp3) is 1.00. The van der Waals surface area contributed by atoms with Crippen molar-refractivity contribution < 1.29 is 20.4 Å². The number of fused-ring (bicyclic) bond motifs is 2. The molecule has 0 spiro atoms. The highest BCUT2D eigenvalue weighted by molar-refractivity contribution is 5.20. The monoisotopic (exact) mass is 244 g/mol. The van der Waals surface area contributed by atoms with Crippen LogP contribution in [0.1, 0.15) is 40.0 Å². The summed E-state index contributed by atoms with van der Waals surface area (Å²) in [6.45, 7) is 5.72. The molecule has 0 radical (unpaired) electrons. The second-order valence-corrected chi connectivity index (χ2v) is 6.61. The predicted octanol–water partition coefficient (Wildman–Crippen LogP) is 0.278. The lowest BCUT2D eigenvalue weighted by molar-refractivity contribution is -0.195.